The Morgan fingerprint density at radius 2 is 2.15 bits per heavy atom. The van der Waals surface area contributed by atoms with Gasteiger partial charge in [-0.3, -0.25) is 0 Å². The minimum atomic E-state index is -1.12. The van der Waals surface area contributed by atoms with Crippen LogP contribution < -0.4 is 5.32 Å². The monoisotopic (exact) mass is 371 g/mol. The first-order chi connectivity index (χ1) is 12.6. The highest BCUT2D eigenvalue weighted by atomic mass is 35.5. The molecular weight excluding hydrogens is 357 g/mol. The SMILES string of the molecule is FC1(CNc2ncc3c(-c4ccc5ncc(Cl)n5n4)c[nH]c3n2)CCC1. The number of fused-ring (bicyclic) bond motifs is 2. The Balaban J connectivity index is 1.47. The molecule has 0 atom stereocenters. The van der Waals surface area contributed by atoms with Crippen molar-refractivity contribution in [2.75, 3.05) is 11.9 Å². The lowest BCUT2D eigenvalue weighted by Crippen LogP contribution is -2.39. The second kappa shape index (κ2) is 5.63. The van der Waals surface area contributed by atoms with E-state index in [-0.39, 0.29) is 6.54 Å². The molecular formula is C17H15ClFN7. The van der Waals surface area contributed by atoms with E-state index in [0.717, 1.165) is 23.1 Å². The van der Waals surface area contributed by atoms with Gasteiger partial charge in [0.25, 0.3) is 0 Å². The summed E-state index contributed by atoms with van der Waals surface area (Å²) in [6.07, 6.45) is 7.23. The van der Waals surface area contributed by atoms with Gasteiger partial charge >= 0.3 is 0 Å². The molecule has 0 saturated heterocycles. The molecule has 4 heterocycles. The number of anilines is 1. The number of hydrogen-bond acceptors (Lipinski definition) is 5. The Labute approximate surface area is 152 Å². The summed E-state index contributed by atoms with van der Waals surface area (Å²) in [6, 6.07) is 3.72. The highest BCUT2D eigenvalue weighted by Crippen LogP contribution is 2.35. The van der Waals surface area contributed by atoms with Crippen LogP contribution in [0.5, 0.6) is 0 Å². The molecule has 1 fully saturated rings. The second-order valence-electron chi connectivity index (χ2n) is 6.59. The van der Waals surface area contributed by atoms with E-state index in [1.54, 1.807) is 16.9 Å². The molecule has 0 aromatic carbocycles. The van der Waals surface area contributed by atoms with Crippen LogP contribution in [0.3, 0.4) is 0 Å². The molecule has 1 saturated carbocycles. The zero-order valence-corrected chi connectivity index (χ0v) is 14.5. The van der Waals surface area contributed by atoms with Crippen LogP contribution in [0.15, 0.2) is 30.7 Å². The van der Waals surface area contributed by atoms with Crippen LogP contribution in [0.25, 0.3) is 27.9 Å². The maximum atomic E-state index is 14.1. The largest absolute Gasteiger partial charge is 0.351 e. The molecule has 0 unspecified atom stereocenters. The minimum Gasteiger partial charge on any atom is -0.351 e. The molecule has 26 heavy (non-hydrogen) atoms. The molecule has 9 heteroatoms. The van der Waals surface area contributed by atoms with Gasteiger partial charge < -0.3 is 10.3 Å². The Morgan fingerprint density at radius 3 is 2.96 bits per heavy atom. The van der Waals surface area contributed by atoms with Gasteiger partial charge in [0.2, 0.25) is 5.95 Å². The molecule has 5 rings (SSSR count). The molecule has 0 spiro atoms. The molecule has 0 amide bonds. The zero-order chi connectivity index (χ0) is 17.7. The number of aromatic amines is 1. The van der Waals surface area contributed by atoms with Crippen molar-refractivity contribution in [2.24, 2.45) is 0 Å². The molecule has 0 radical (unpaired) electrons. The third-order valence-corrected chi connectivity index (χ3v) is 5.10. The quantitative estimate of drug-likeness (QED) is 0.572. The van der Waals surface area contributed by atoms with Gasteiger partial charge in [0.05, 0.1) is 18.4 Å². The fourth-order valence-electron chi connectivity index (χ4n) is 3.17. The van der Waals surface area contributed by atoms with Gasteiger partial charge in [0.15, 0.2) is 10.8 Å². The summed E-state index contributed by atoms with van der Waals surface area (Å²) in [5.41, 5.74) is 1.81. The normalized spacial score (nSPS) is 16.1. The molecule has 2 N–H and O–H groups in total. The van der Waals surface area contributed by atoms with Crippen molar-refractivity contribution in [3.05, 3.63) is 35.9 Å². The number of nitrogens with zero attached hydrogens (tertiary/aromatic N) is 5. The van der Waals surface area contributed by atoms with Crippen LogP contribution in [0.1, 0.15) is 19.3 Å². The third kappa shape index (κ3) is 2.48. The lowest BCUT2D eigenvalue weighted by molar-refractivity contribution is 0.0782. The Hall–Kier alpha value is -2.74. The number of halogens is 2. The zero-order valence-electron chi connectivity index (χ0n) is 13.7. The van der Waals surface area contributed by atoms with Crippen molar-refractivity contribution in [3.63, 3.8) is 0 Å². The van der Waals surface area contributed by atoms with Crippen LogP contribution in [-0.4, -0.2) is 41.8 Å². The fraction of sp³-hybridized carbons (Fsp3) is 0.294. The van der Waals surface area contributed by atoms with Crippen LogP contribution in [0.2, 0.25) is 5.15 Å². The molecule has 0 bridgehead atoms. The minimum absolute atomic E-state index is 0.240. The number of nitrogens with one attached hydrogen (secondary N) is 2. The summed E-state index contributed by atoms with van der Waals surface area (Å²) >= 11 is 6.10. The highest BCUT2D eigenvalue weighted by molar-refractivity contribution is 6.29. The van der Waals surface area contributed by atoms with Gasteiger partial charge in [0, 0.05) is 23.3 Å². The summed E-state index contributed by atoms with van der Waals surface area (Å²) < 4.78 is 15.7. The Bertz CT molecular complexity index is 1110. The number of imidazole rings is 1. The number of H-pyrrole nitrogens is 1. The van der Waals surface area contributed by atoms with E-state index >= 15 is 0 Å². The van der Waals surface area contributed by atoms with Crippen molar-refractivity contribution >= 4 is 34.2 Å². The first kappa shape index (κ1) is 15.5. The van der Waals surface area contributed by atoms with Crippen molar-refractivity contribution in [1.29, 1.82) is 0 Å². The maximum absolute atomic E-state index is 14.1. The van der Waals surface area contributed by atoms with E-state index in [4.69, 9.17) is 11.6 Å². The summed E-state index contributed by atoms with van der Waals surface area (Å²) in [7, 11) is 0. The van der Waals surface area contributed by atoms with Gasteiger partial charge in [-0.15, -0.1) is 0 Å². The fourth-order valence-corrected chi connectivity index (χ4v) is 3.34. The first-order valence-electron chi connectivity index (χ1n) is 8.39. The van der Waals surface area contributed by atoms with Crippen LogP contribution in [-0.2, 0) is 0 Å². The maximum Gasteiger partial charge on any atom is 0.224 e. The van der Waals surface area contributed by atoms with E-state index in [2.05, 4.69) is 30.4 Å². The predicted octanol–water partition coefficient (Wildman–Crippen LogP) is 3.63. The van der Waals surface area contributed by atoms with E-state index in [9.17, 15) is 4.39 Å². The average molecular weight is 372 g/mol. The molecule has 4 aromatic heterocycles. The van der Waals surface area contributed by atoms with Gasteiger partial charge in [-0.25, -0.2) is 18.9 Å². The molecule has 1 aliphatic carbocycles. The van der Waals surface area contributed by atoms with Gasteiger partial charge in [-0.1, -0.05) is 11.6 Å². The van der Waals surface area contributed by atoms with Gasteiger partial charge in [0.1, 0.15) is 11.3 Å². The topological polar surface area (TPSA) is 83.8 Å². The Morgan fingerprint density at radius 1 is 1.27 bits per heavy atom. The predicted molar refractivity (Wildman–Crippen MR) is 97.1 cm³/mol. The van der Waals surface area contributed by atoms with Crippen LogP contribution >= 0.6 is 11.6 Å². The van der Waals surface area contributed by atoms with Crippen LogP contribution in [0, 0.1) is 0 Å². The van der Waals surface area contributed by atoms with Gasteiger partial charge in [-0.2, -0.15) is 10.1 Å². The number of rotatable bonds is 4. The summed E-state index contributed by atoms with van der Waals surface area (Å²) in [5.74, 6) is 0.413. The average Bonchev–Trinajstić information content (AvgIpc) is 3.21. The standard InChI is InChI=1S/C17H15ClFN7/c18-13-8-20-14-3-2-12(25-26(13)14)10-6-21-15-11(10)7-22-16(24-15)23-9-17(19)4-1-5-17/h2-3,6-8H,1,4-5,9H2,(H2,21,22,23,24). The lowest BCUT2D eigenvalue weighted by Gasteiger charge is -2.33. The number of hydrogen-bond donors (Lipinski definition) is 2. The van der Waals surface area contributed by atoms with E-state index in [0.29, 0.717) is 35.2 Å². The summed E-state index contributed by atoms with van der Waals surface area (Å²) in [4.78, 5) is 16.0. The van der Waals surface area contributed by atoms with E-state index in [1.165, 1.54) is 0 Å². The van der Waals surface area contributed by atoms with Crippen molar-refractivity contribution in [1.82, 2.24) is 29.5 Å². The lowest BCUT2D eigenvalue weighted by atomic mass is 9.82. The summed E-state index contributed by atoms with van der Waals surface area (Å²) in [5, 5.41) is 8.79. The molecule has 0 aliphatic heterocycles. The van der Waals surface area contributed by atoms with Crippen LogP contribution in [0.4, 0.5) is 10.3 Å². The van der Waals surface area contributed by atoms with Crippen molar-refractivity contribution < 1.29 is 4.39 Å². The summed E-state index contributed by atoms with van der Waals surface area (Å²) in [6.45, 7) is 0.240. The second-order valence-corrected chi connectivity index (χ2v) is 6.97. The van der Waals surface area contributed by atoms with Gasteiger partial charge in [-0.05, 0) is 31.4 Å². The molecule has 4 aromatic rings. The highest BCUT2D eigenvalue weighted by Gasteiger charge is 2.36. The van der Waals surface area contributed by atoms with Crippen molar-refractivity contribution in [2.45, 2.75) is 24.9 Å². The van der Waals surface area contributed by atoms with Crippen molar-refractivity contribution in [3.8, 4) is 11.3 Å². The molecule has 1 aliphatic rings. The van der Waals surface area contributed by atoms with E-state index < -0.39 is 5.67 Å². The van der Waals surface area contributed by atoms with E-state index in [1.807, 2.05) is 18.3 Å². The third-order valence-electron chi connectivity index (χ3n) is 4.84. The number of aromatic nitrogens is 6. The first-order valence-corrected chi connectivity index (χ1v) is 8.77. The molecule has 132 valence electrons. The number of alkyl halides is 1. The smallest absolute Gasteiger partial charge is 0.224 e. The Kier molecular flexibility index (Phi) is 3.36. The molecule has 7 nitrogen and oxygen atoms in total.